The standard InChI is InChI=1S/C21H11Cl3N2O4/c22-12-2-4-13(5-3-12)26-20(28)15(19(27)25-21(26)29)10-14-6-8-18(30-14)11-1-7-16(23)17(24)9-11/h1-10H,(H,25,27,29). The number of carbonyl (C=O) groups is 3. The maximum absolute atomic E-state index is 12.9. The van der Waals surface area contributed by atoms with Gasteiger partial charge in [0, 0.05) is 10.6 Å². The van der Waals surface area contributed by atoms with Crippen LogP contribution in [0.4, 0.5) is 10.5 Å². The van der Waals surface area contributed by atoms with Gasteiger partial charge < -0.3 is 4.42 Å². The summed E-state index contributed by atoms with van der Waals surface area (Å²) in [4.78, 5) is 38.2. The highest BCUT2D eigenvalue weighted by atomic mass is 35.5. The maximum Gasteiger partial charge on any atom is 0.335 e. The Labute approximate surface area is 185 Å². The van der Waals surface area contributed by atoms with Crippen LogP contribution in [0.2, 0.25) is 15.1 Å². The van der Waals surface area contributed by atoms with Crippen LogP contribution >= 0.6 is 34.8 Å². The molecule has 6 nitrogen and oxygen atoms in total. The third-order valence-corrected chi connectivity index (χ3v) is 5.30. The molecule has 2 aromatic carbocycles. The van der Waals surface area contributed by atoms with Gasteiger partial charge in [0.05, 0.1) is 15.7 Å². The SMILES string of the molecule is O=C1NC(=O)N(c2ccc(Cl)cc2)C(=O)C1=Cc1ccc(-c2ccc(Cl)c(Cl)c2)o1. The number of nitrogens with one attached hydrogen (secondary N) is 1. The molecule has 4 amide bonds. The summed E-state index contributed by atoms with van der Waals surface area (Å²) in [6.45, 7) is 0. The number of imide groups is 2. The van der Waals surface area contributed by atoms with E-state index in [0.29, 0.717) is 26.4 Å². The minimum absolute atomic E-state index is 0.250. The molecule has 1 fully saturated rings. The van der Waals surface area contributed by atoms with Crippen molar-refractivity contribution in [1.82, 2.24) is 5.32 Å². The first-order chi connectivity index (χ1) is 14.3. The van der Waals surface area contributed by atoms with Gasteiger partial charge in [-0.3, -0.25) is 14.9 Å². The van der Waals surface area contributed by atoms with Crippen molar-refractivity contribution in [2.75, 3.05) is 4.90 Å². The molecular weight excluding hydrogens is 451 g/mol. The molecule has 9 heteroatoms. The van der Waals surface area contributed by atoms with Crippen LogP contribution in [0.5, 0.6) is 0 Å². The maximum atomic E-state index is 12.9. The van der Waals surface area contributed by atoms with Crippen LogP contribution in [-0.2, 0) is 9.59 Å². The fourth-order valence-electron chi connectivity index (χ4n) is 2.86. The zero-order valence-electron chi connectivity index (χ0n) is 15.0. The van der Waals surface area contributed by atoms with Crippen LogP contribution in [-0.4, -0.2) is 17.8 Å². The van der Waals surface area contributed by atoms with Crippen molar-refractivity contribution in [3.8, 4) is 11.3 Å². The molecule has 1 aliphatic heterocycles. The van der Waals surface area contributed by atoms with E-state index in [1.807, 2.05) is 0 Å². The molecule has 0 atom stereocenters. The Morgan fingerprint density at radius 2 is 1.60 bits per heavy atom. The molecule has 0 bridgehead atoms. The van der Waals surface area contributed by atoms with E-state index in [1.54, 1.807) is 30.3 Å². The fraction of sp³-hybridized carbons (Fsp3) is 0. The summed E-state index contributed by atoms with van der Waals surface area (Å²) < 4.78 is 5.72. The van der Waals surface area contributed by atoms with E-state index in [0.717, 1.165) is 4.90 Å². The summed E-state index contributed by atoms with van der Waals surface area (Å²) in [5.41, 5.74) is 0.697. The predicted octanol–water partition coefficient (Wildman–Crippen LogP) is 5.57. The normalized spacial score (nSPS) is 15.6. The largest absolute Gasteiger partial charge is 0.457 e. The number of rotatable bonds is 3. The molecule has 30 heavy (non-hydrogen) atoms. The lowest BCUT2D eigenvalue weighted by molar-refractivity contribution is -0.122. The van der Waals surface area contributed by atoms with Gasteiger partial charge in [-0.2, -0.15) is 0 Å². The number of benzene rings is 2. The van der Waals surface area contributed by atoms with Gasteiger partial charge in [0.2, 0.25) is 0 Å². The van der Waals surface area contributed by atoms with Crippen LogP contribution < -0.4 is 10.2 Å². The van der Waals surface area contributed by atoms with E-state index in [-0.39, 0.29) is 17.0 Å². The lowest BCUT2D eigenvalue weighted by atomic mass is 10.1. The topological polar surface area (TPSA) is 79.6 Å². The molecule has 0 unspecified atom stereocenters. The zero-order valence-corrected chi connectivity index (χ0v) is 17.3. The Kier molecular flexibility index (Phi) is 5.39. The molecule has 1 N–H and O–H groups in total. The molecule has 150 valence electrons. The number of hydrogen-bond donors (Lipinski definition) is 1. The van der Waals surface area contributed by atoms with Crippen LogP contribution in [0, 0.1) is 0 Å². The van der Waals surface area contributed by atoms with Crippen molar-refractivity contribution in [3.63, 3.8) is 0 Å². The van der Waals surface area contributed by atoms with Crippen molar-refractivity contribution >= 4 is 64.4 Å². The summed E-state index contributed by atoms with van der Waals surface area (Å²) >= 11 is 17.8. The second-order valence-electron chi connectivity index (χ2n) is 6.27. The molecule has 0 spiro atoms. The summed E-state index contributed by atoms with van der Waals surface area (Å²) in [7, 11) is 0. The van der Waals surface area contributed by atoms with Gasteiger partial charge in [-0.1, -0.05) is 34.8 Å². The van der Waals surface area contributed by atoms with Crippen molar-refractivity contribution in [1.29, 1.82) is 0 Å². The van der Waals surface area contributed by atoms with Crippen LogP contribution in [0.3, 0.4) is 0 Å². The van der Waals surface area contributed by atoms with Crippen molar-refractivity contribution < 1.29 is 18.8 Å². The molecule has 0 radical (unpaired) electrons. The number of barbiturate groups is 1. The van der Waals surface area contributed by atoms with Crippen molar-refractivity contribution in [2.45, 2.75) is 0 Å². The first-order valence-corrected chi connectivity index (χ1v) is 9.69. The zero-order chi connectivity index (χ0) is 21.4. The van der Waals surface area contributed by atoms with Crippen molar-refractivity contribution in [3.05, 3.63) is 81.0 Å². The number of carbonyl (C=O) groups excluding carboxylic acids is 3. The number of nitrogens with zero attached hydrogens (tertiary/aromatic N) is 1. The van der Waals surface area contributed by atoms with E-state index in [4.69, 9.17) is 39.2 Å². The van der Waals surface area contributed by atoms with Gasteiger partial charge in [0.25, 0.3) is 11.8 Å². The van der Waals surface area contributed by atoms with E-state index in [2.05, 4.69) is 5.32 Å². The van der Waals surface area contributed by atoms with E-state index < -0.39 is 17.8 Å². The van der Waals surface area contributed by atoms with Crippen molar-refractivity contribution in [2.24, 2.45) is 0 Å². The number of furan rings is 1. The van der Waals surface area contributed by atoms with Gasteiger partial charge in [-0.15, -0.1) is 0 Å². The Bertz CT molecular complexity index is 1220. The Morgan fingerprint density at radius 3 is 2.30 bits per heavy atom. The lowest BCUT2D eigenvalue weighted by Crippen LogP contribution is -2.54. The number of amides is 4. The van der Waals surface area contributed by atoms with Gasteiger partial charge in [0.15, 0.2) is 0 Å². The van der Waals surface area contributed by atoms with Crippen LogP contribution in [0.15, 0.2) is 64.6 Å². The first kappa shape index (κ1) is 20.2. The van der Waals surface area contributed by atoms with Gasteiger partial charge in [-0.25, -0.2) is 9.69 Å². The third kappa shape index (κ3) is 3.85. The van der Waals surface area contributed by atoms with Gasteiger partial charge in [-0.05, 0) is 60.7 Å². The van der Waals surface area contributed by atoms with E-state index in [1.165, 1.54) is 30.3 Å². The molecule has 2 heterocycles. The second kappa shape index (κ2) is 7.99. The molecule has 1 saturated heterocycles. The van der Waals surface area contributed by atoms with E-state index in [9.17, 15) is 14.4 Å². The van der Waals surface area contributed by atoms with Gasteiger partial charge in [0.1, 0.15) is 17.1 Å². The number of urea groups is 1. The predicted molar refractivity (Wildman–Crippen MR) is 115 cm³/mol. The second-order valence-corrected chi connectivity index (χ2v) is 7.52. The Hall–Kier alpha value is -3.06. The highest BCUT2D eigenvalue weighted by Crippen LogP contribution is 2.30. The summed E-state index contributed by atoms with van der Waals surface area (Å²) in [6.07, 6.45) is 1.27. The third-order valence-electron chi connectivity index (χ3n) is 4.30. The molecule has 1 aliphatic rings. The summed E-state index contributed by atoms with van der Waals surface area (Å²) in [5, 5.41) is 3.37. The average molecular weight is 462 g/mol. The van der Waals surface area contributed by atoms with Crippen LogP contribution in [0.1, 0.15) is 5.76 Å². The minimum atomic E-state index is -0.847. The molecular formula is C21H11Cl3N2O4. The smallest absolute Gasteiger partial charge is 0.335 e. The average Bonchev–Trinajstić information content (AvgIpc) is 3.17. The molecule has 3 aromatic rings. The Morgan fingerprint density at radius 1 is 0.867 bits per heavy atom. The molecule has 0 saturated carbocycles. The minimum Gasteiger partial charge on any atom is -0.457 e. The summed E-state index contributed by atoms with van der Waals surface area (Å²) in [5.74, 6) is -0.879. The molecule has 0 aliphatic carbocycles. The molecule has 4 rings (SSSR count). The van der Waals surface area contributed by atoms with Crippen LogP contribution in [0.25, 0.3) is 17.4 Å². The van der Waals surface area contributed by atoms with Gasteiger partial charge >= 0.3 is 6.03 Å². The number of halogens is 3. The monoisotopic (exact) mass is 460 g/mol. The quantitative estimate of drug-likeness (QED) is 0.408. The highest BCUT2D eigenvalue weighted by Gasteiger charge is 2.37. The lowest BCUT2D eigenvalue weighted by Gasteiger charge is -2.26. The Balaban J connectivity index is 1.67. The fourth-order valence-corrected chi connectivity index (χ4v) is 3.28. The van der Waals surface area contributed by atoms with E-state index >= 15 is 0 Å². The number of anilines is 1. The highest BCUT2D eigenvalue weighted by molar-refractivity contribution is 6.42. The molecule has 1 aromatic heterocycles. The number of hydrogen-bond acceptors (Lipinski definition) is 4. The summed E-state index contributed by atoms with van der Waals surface area (Å²) in [6, 6.07) is 13.5. The first-order valence-electron chi connectivity index (χ1n) is 8.56.